The van der Waals surface area contributed by atoms with E-state index in [0.29, 0.717) is 12.1 Å². The van der Waals surface area contributed by atoms with E-state index >= 15 is 0 Å². The molecule has 23 heavy (non-hydrogen) atoms. The van der Waals surface area contributed by atoms with E-state index in [0.717, 1.165) is 37.2 Å². The molecule has 3 unspecified atom stereocenters. The minimum atomic E-state index is 0.0356. The fraction of sp³-hybridized carbons (Fsp3) is 0.500. The summed E-state index contributed by atoms with van der Waals surface area (Å²) in [6, 6.07) is 8.07. The third-order valence-electron chi connectivity index (χ3n) is 5.26. The Labute approximate surface area is 135 Å². The Kier molecular flexibility index (Phi) is 3.43. The summed E-state index contributed by atoms with van der Waals surface area (Å²) >= 11 is 0. The van der Waals surface area contributed by atoms with Crippen LogP contribution in [0.25, 0.3) is 0 Å². The van der Waals surface area contributed by atoms with E-state index in [1.165, 1.54) is 0 Å². The lowest BCUT2D eigenvalue weighted by atomic mass is 9.81. The summed E-state index contributed by atoms with van der Waals surface area (Å²) in [4.78, 5) is 31.2. The number of amides is 1. The molecule has 1 saturated heterocycles. The second kappa shape index (κ2) is 5.48. The monoisotopic (exact) mass is 311 g/mol. The van der Waals surface area contributed by atoms with Gasteiger partial charge < -0.3 is 10.2 Å². The van der Waals surface area contributed by atoms with Gasteiger partial charge in [-0.05, 0) is 25.8 Å². The number of aliphatic imine (C=N–C) groups is 1. The van der Waals surface area contributed by atoms with Gasteiger partial charge in [0, 0.05) is 24.2 Å². The predicted molar refractivity (Wildman–Crippen MR) is 87.6 cm³/mol. The minimum Gasteiger partial charge on any atom is -0.354 e. The molecule has 3 aliphatic rings. The fourth-order valence-corrected chi connectivity index (χ4v) is 4.18. The van der Waals surface area contributed by atoms with E-state index in [4.69, 9.17) is 4.99 Å². The molecule has 3 atom stereocenters. The van der Waals surface area contributed by atoms with Crippen molar-refractivity contribution in [3.63, 3.8) is 0 Å². The van der Waals surface area contributed by atoms with Crippen molar-refractivity contribution in [2.75, 3.05) is 13.1 Å². The first-order chi connectivity index (χ1) is 11.1. The van der Waals surface area contributed by atoms with E-state index in [1.54, 1.807) is 6.92 Å². The van der Waals surface area contributed by atoms with Crippen LogP contribution in [0.2, 0.25) is 0 Å². The summed E-state index contributed by atoms with van der Waals surface area (Å²) in [5.74, 6) is 1.23. The second-order valence-electron chi connectivity index (χ2n) is 6.67. The quantitative estimate of drug-likeness (QED) is 0.844. The number of benzene rings is 1. The van der Waals surface area contributed by atoms with Crippen molar-refractivity contribution in [2.24, 2.45) is 10.9 Å². The standard InChI is InChI=1S/C18H21N3O2/c1-11(22)12-4-2-5-13(10-12)17-20-15-7-3-6-14-16(15)21(17)9-8-19-18(14)23/h2,4-5,10,14-16H,3,6-9H2,1H3,(H,19,23). The van der Waals surface area contributed by atoms with Gasteiger partial charge in [-0.15, -0.1) is 0 Å². The Bertz CT molecular complexity index is 697. The number of ketones is 1. The molecule has 120 valence electrons. The van der Waals surface area contributed by atoms with Crippen LogP contribution in [0.5, 0.6) is 0 Å². The third kappa shape index (κ3) is 2.35. The number of nitrogens with one attached hydrogen (secondary N) is 1. The van der Waals surface area contributed by atoms with Crippen molar-refractivity contribution in [2.45, 2.75) is 38.3 Å². The molecule has 0 spiro atoms. The molecule has 1 N–H and O–H groups in total. The Morgan fingerprint density at radius 2 is 2.22 bits per heavy atom. The molecule has 5 heteroatoms. The van der Waals surface area contributed by atoms with Gasteiger partial charge >= 0.3 is 0 Å². The summed E-state index contributed by atoms with van der Waals surface area (Å²) in [5, 5.41) is 3.04. The molecule has 1 amide bonds. The molecule has 0 aromatic heterocycles. The van der Waals surface area contributed by atoms with Crippen molar-refractivity contribution >= 4 is 17.5 Å². The lowest BCUT2D eigenvalue weighted by molar-refractivity contribution is -0.126. The molecule has 0 radical (unpaired) electrons. The van der Waals surface area contributed by atoms with Gasteiger partial charge in [-0.1, -0.05) is 24.6 Å². The van der Waals surface area contributed by atoms with Crippen LogP contribution in [0.4, 0.5) is 0 Å². The first kappa shape index (κ1) is 14.4. The molecule has 2 aliphatic heterocycles. The van der Waals surface area contributed by atoms with Crippen molar-refractivity contribution in [1.29, 1.82) is 0 Å². The third-order valence-corrected chi connectivity index (χ3v) is 5.26. The maximum absolute atomic E-state index is 12.3. The van der Waals surface area contributed by atoms with Crippen LogP contribution in [0.15, 0.2) is 29.3 Å². The van der Waals surface area contributed by atoms with Crippen LogP contribution in [0.1, 0.15) is 42.1 Å². The van der Waals surface area contributed by atoms with Gasteiger partial charge in [-0.25, -0.2) is 0 Å². The van der Waals surface area contributed by atoms with Gasteiger partial charge in [0.1, 0.15) is 5.84 Å². The van der Waals surface area contributed by atoms with Crippen molar-refractivity contribution in [3.8, 4) is 0 Å². The molecule has 2 fully saturated rings. The average molecular weight is 311 g/mol. The highest BCUT2D eigenvalue weighted by Crippen LogP contribution is 2.37. The predicted octanol–water partition coefficient (Wildman–Crippen LogP) is 1.62. The van der Waals surface area contributed by atoms with Crippen LogP contribution in [-0.2, 0) is 4.79 Å². The highest BCUT2D eigenvalue weighted by molar-refractivity contribution is 6.03. The van der Waals surface area contributed by atoms with E-state index in [9.17, 15) is 9.59 Å². The van der Waals surface area contributed by atoms with Crippen LogP contribution < -0.4 is 5.32 Å². The van der Waals surface area contributed by atoms with Crippen LogP contribution in [-0.4, -0.2) is 47.6 Å². The molecule has 1 aromatic rings. The van der Waals surface area contributed by atoms with Crippen LogP contribution >= 0.6 is 0 Å². The lowest BCUT2D eigenvalue weighted by Crippen LogP contribution is -2.48. The van der Waals surface area contributed by atoms with E-state index in [-0.39, 0.29) is 29.7 Å². The Morgan fingerprint density at radius 1 is 1.35 bits per heavy atom. The van der Waals surface area contributed by atoms with Crippen molar-refractivity contribution < 1.29 is 9.59 Å². The molecule has 1 saturated carbocycles. The first-order valence-electron chi connectivity index (χ1n) is 8.38. The van der Waals surface area contributed by atoms with Gasteiger partial charge in [0.15, 0.2) is 5.78 Å². The largest absolute Gasteiger partial charge is 0.354 e. The van der Waals surface area contributed by atoms with Gasteiger partial charge in [0.05, 0.1) is 18.0 Å². The van der Waals surface area contributed by atoms with E-state index in [2.05, 4.69) is 10.2 Å². The first-order valence-corrected chi connectivity index (χ1v) is 8.38. The smallest absolute Gasteiger partial charge is 0.225 e. The normalized spacial score (nSPS) is 29.4. The van der Waals surface area contributed by atoms with Crippen LogP contribution in [0.3, 0.4) is 0 Å². The maximum atomic E-state index is 12.3. The Morgan fingerprint density at radius 3 is 3.04 bits per heavy atom. The van der Waals surface area contributed by atoms with E-state index < -0.39 is 0 Å². The van der Waals surface area contributed by atoms with Gasteiger partial charge in [0.2, 0.25) is 5.91 Å². The lowest BCUT2D eigenvalue weighted by Gasteiger charge is -2.35. The van der Waals surface area contributed by atoms with Crippen molar-refractivity contribution in [3.05, 3.63) is 35.4 Å². The summed E-state index contributed by atoms with van der Waals surface area (Å²) in [7, 11) is 0. The zero-order valence-electron chi connectivity index (χ0n) is 13.3. The number of amidine groups is 1. The van der Waals surface area contributed by atoms with E-state index in [1.807, 2.05) is 24.3 Å². The molecule has 5 nitrogen and oxygen atoms in total. The minimum absolute atomic E-state index is 0.0356. The number of hydrogen-bond acceptors (Lipinski definition) is 4. The molecular weight excluding hydrogens is 290 g/mol. The molecule has 4 rings (SSSR count). The molecule has 1 aliphatic carbocycles. The van der Waals surface area contributed by atoms with Gasteiger partial charge in [0.25, 0.3) is 0 Å². The molecule has 0 bridgehead atoms. The number of carbonyl (C=O) groups is 2. The summed E-state index contributed by atoms with van der Waals surface area (Å²) in [6.07, 6.45) is 3.04. The summed E-state index contributed by atoms with van der Waals surface area (Å²) < 4.78 is 0. The zero-order chi connectivity index (χ0) is 16.0. The average Bonchev–Trinajstić information content (AvgIpc) is 2.84. The van der Waals surface area contributed by atoms with Crippen LogP contribution in [0, 0.1) is 5.92 Å². The van der Waals surface area contributed by atoms with Crippen molar-refractivity contribution in [1.82, 2.24) is 10.2 Å². The molecule has 1 aromatic carbocycles. The Hall–Kier alpha value is -2.17. The molecular formula is C18H21N3O2. The topological polar surface area (TPSA) is 61.8 Å². The summed E-state index contributed by atoms with van der Waals surface area (Å²) in [5.41, 5.74) is 1.70. The number of rotatable bonds is 2. The molecule has 2 heterocycles. The number of Topliss-reactive ketones (excluding diaryl/α,β-unsaturated/α-hetero) is 1. The highest BCUT2D eigenvalue weighted by Gasteiger charge is 2.47. The number of hydrogen-bond donors (Lipinski definition) is 1. The fourth-order valence-electron chi connectivity index (χ4n) is 4.18. The van der Waals surface area contributed by atoms with Gasteiger partial charge in [-0.3, -0.25) is 14.6 Å². The number of nitrogens with zero attached hydrogens (tertiary/aromatic N) is 2. The maximum Gasteiger partial charge on any atom is 0.225 e. The summed E-state index contributed by atoms with van der Waals surface area (Å²) in [6.45, 7) is 3.02. The zero-order valence-corrected chi connectivity index (χ0v) is 13.3. The Balaban J connectivity index is 1.74. The highest BCUT2D eigenvalue weighted by atomic mass is 16.2. The second-order valence-corrected chi connectivity index (χ2v) is 6.67. The SMILES string of the molecule is CC(=O)c1cccc(C2=NC3CCCC4C(=O)NCCN2C34)c1. The number of carbonyl (C=O) groups excluding carboxylic acids is 2. The van der Waals surface area contributed by atoms with Gasteiger partial charge in [-0.2, -0.15) is 0 Å².